The molecule has 4 N–H and O–H groups in total. The fourth-order valence-corrected chi connectivity index (χ4v) is 8.47. The molecule has 9 atom stereocenters. The lowest BCUT2D eigenvalue weighted by Crippen LogP contribution is -2.72. The van der Waals surface area contributed by atoms with Crippen LogP contribution in [0.25, 0.3) is 0 Å². The van der Waals surface area contributed by atoms with Crippen LogP contribution in [0.2, 0.25) is 0 Å². The molecule has 1 aliphatic heterocycles. The molecule has 1 unspecified atom stereocenters. The first-order chi connectivity index (χ1) is 16.1. The first-order valence-electron chi connectivity index (χ1n) is 12.8. The van der Waals surface area contributed by atoms with E-state index in [1.165, 1.54) is 19.1 Å². The second-order valence-electron chi connectivity index (χ2n) is 12.3. The molecule has 5 rings (SSSR count). The van der Waals surface area contributed by atoms with Crippen LogP contribution in [0.15, 0.2) is 34.9 Å². The summed E-state index contributed by atoms with van der Waals surface area (Å²) in [6, 6.07) is 0. The molecule has 5 aliphatic rings. The van der Waals surface area contributed by atoms with Gasteiger partial charge in [-0.2, -0.15) is 0 Å². The first kappa shape index (κ1) is 24.9. The van der Waals surface area contributed by atoms with Gasteiger partial charge in [0.25, 0.3) is 0 Å². The van der Waals surface area contributed by atoms with Crippen LogP contribution >= 0.6 is 0 Å². The van der Waals surface area contributed by atoms with Crippen molar-refractivity contribution in [2.24, 2.45) is 22.7 Å². The van der Waals surface area contributed by atoms with Gasteiger partial charge >= 0.3 is 5.97 Å². The van der Waals surface area contributed by atoms with E-state index in [2.05, 4.69) is 0 Å². The molecular formula is C28H38O7. The normalized spacial score (nSPS) is 49.0. The van der Waals surface area contributed by atoms with Crippen molar-refractivity contribution in [2.45, 2.75) is 102 Å². The number of aliphatic hydroxyl groups excluding tert-OH is 1. The Labute approximate surface area is 206 Å². The Bertz CT molecular complexity index is 1080. The average Bonchev–Trinajstić information content (AvgIpc) is 3.02. The maximum Gasteiger partial charge on any atom is 0.334 e. The van der Waals surface area contributed by atoms with Gasteiger partial charge in [-0.15, -0.1) is 0 Å². The summed E-state index contributed by atoms with van der Waals surface area (Å²) in [5.74, 6) is -1.08. The Hall–Kier alpha value is -1.80. The Kier molecular flexibility index (Phi) is 5.24. The third kappa shape index (κ3) is 2.81. The van der Waals surface area contributed by atoms with Crippen LogP contribution in [-0.2, 0) is 14.3 Å². The summed E-state index contributed by atoms with van der Waals surface area (Å²) in [5.41, 5.74) is -4.81. The Morgan fingerprint density at radius 3 is 2.43 bits per heavy atom. The molecule has 2 saturated carbocycles. The van der Waals surface area contributed by atoms with Crippen molar-refractivity contribution >= 4 is 11.8 Å². The van der Waals surface area contributed by atoms with Gasteiger partial charge in [0.05, 0.1) is 17.1 Å². The van der Waals surface area contributed by atoms with E-state index in [0.29, 0.717) is 36.8 Å². The van der Waals surface area contributed by atoms with Crippen LogP contribution < -0.4 is 0 Å². The van der Waals surface area contributed by atoms with Crippen molar-refractivity contribution in [3.8, 4) is 0 Å². The van der Waals surface area contributed by atoms with E-state index in [1.54, 1.807) is 6.92 Å². The zero-order valence-corrected chi connectivity index (χ0v) is 21.3. The zero-order valence-electron chi connectivity index (χ0n) is 21.3. The van der Waals surface area contributed by atoms with Crippen molar-refractivity contribution in [3.05, 3.63) is 34.9 Å². The summed E-state index contributed by atoms with van der Waals surface area (Å²) >= 11 is 0. The largest absolute Gasteiger partial charge is 0.455 e. The van der Waals surface area contributed by atoms with Crippen molar-refractivity contribution in [1.29, 1.82) is 0 Å². The average molecular weight is 487 g/mol. The minimum absolute atomic E-state index is 0.0667. The van der Waals surface area contributed by atoms with E-state index in [-0.39, 0.29) is 30.5 Å². The summed E-state index contributed by atoms with van der Waals surface area (Å²) < 4.78 is 5.61. The number of aliphatic hydroxyl groups is 4. The van der Waals surface area contributed by atoms with Gasteiger partial charge in [-0.3, -0.25) is 4.79 Å². The predicted octanol–water partition coefficient (Wildman–Crippen LogP) is 2.51. The number of carbonyl (C=O) groups is 2. The van der Waals surface area contributed by atoms with Crippen molar-refractivity contribution < 1.29 is 34.8 Å². The number of allylic oxidation sites excluding steroid dienone is 2. The SMILES string of the molecule is CC1=C(C)C(=O)O[C@@H](C(C)(O)[C@]2(O)CC[C@@]3(O)[C@@H]4CC=C5[C@@H](O)C=CC(=O)[C@]5(C)[C@H]4CC[C@@]32C)C1. The quantitative estimate of drug-likeness (QED) is 0.349. The maximum absolute atomic E-state index is 13.1. The lowest BCUT2D eigenvalue weighted by Gasteiger charge is -2.63. The first-order valence-corrected chi connectivity index (χ1v) is 12.8. The molecule has 7 nitrogen and oxygen atoms in total. The second kappa shape index (κ2) is 7.37. The monoisotopic (exact) mass is 486 g/mol. The molecule has 0 amide bonds. The highest BCUT2D eigenvalue weighted by molar-refractivity contribution is 5.99. The molecule has 0 aromatic carbocycles. The van der Waals surface area contributed by atoms with E-state index in [0.717, 1.165) is 5.57 Å². The van der Waals surface area contributed by atoms with E-state index in [1.807, 2.05) is 26.8 Å². The molecular weight excluding hydrogens is 448 g/mol. The number of hydrogen-bond acceptors (Lipinski definition) is 7. The number of ketones is 1. The summed E-state index contributed by atoms with van der Waals surface area (Å²) in [5, 5.41) is 47.1. The predicted molar refractivity (Wildman–Crippen MR) is 128 cm³/mol. The third-order valence-corrected chi connectivity index (χ3v) is 11.1. The van der Waals surface area contributed by atoms with Crippen LogP contribution in [0.4, 0.5) is 0 Å². The zero-order chi connectivity index (χ0) is 25.8. The summed E-state index contributed by atoms with van der Waals surface area (Å²) in [6.45, 7) is 8.75. The minimum Gasteiger partial charge on any atom is -0.455 e. The van der Waals surface area contributed by atoms with Gasteiger partial charge in [0.2, 0.25) is 0 Å². The van der Waals surface area contributed by atoms with Crippen LogP contribution in [-0.4, -0.2) is 61.2 Å². The fraction of sp³-hybridized carbons (Fsp3) is 0.714. The summed E-state index contributed by atoms with van der Waals surface area (Å²) in [7, 11) is 0. The maximum atomic E-state index is 13.1. The van der Waals surface area contributed by atoms with E-state index in [9.17, 15) is 30.0 Å². The molecule has 0 bridgehead atoms. The third-order valence-electron chi connectivity index (χ3n) is 11.1. The van der Waals surface area contributed by atoms with Crippen molar-refractivity contribution in [3.63, 3.8) is 0 Å². The number of fused-ring (bicyclic) bond motifs is 5. The van der Waals surface area contributed by atoms with Gasteiger partial charge in [0.15, 0.2) is 5.78 Å². The molecule has 0 aromatic heterocycles. The number of esters is 1. The van der Waals surface area contributed by atoms with Gasteiger partial charge in [-0.05, 0) is 89.4 Å². The molecule has 7 heteroatoms. The lowest BCUT2D eigenvalue weighted by molar-refractivity contribution is -0.279. The van der Waals surface area contributed by atoms with Crippen LogP contribution in [0, 0.1) is 22.7 Å². The smallest absolute Gasteiger partial charge is 0.334 e. The Morgan fingerprint density at radius 2 is 1.77 bits per heavy atom. The highest BCUT2D eigenvalue weighted by Gasteiger charge is 2.76. The van der Waals surface area contributed by atoms with Gasteiger partial charge in [-0.25, -0.2) is 4.79 Å². The van der Waals surface area contributed by atoms with Gasteiger partial charge in [0.1, 0.15) is 17.3 Å². The summed E-state index contributed by atoms with van der Waals surface area (Å²) in [6.07, 6.45) is 5.28. The van der Waals surface area contributed by atoms with Gasteiger partial charge in [0, 0.05) is 17.4 Å². The van der Waals surface area contributed by atoms with Gasteiger partial charge < -0.3 is 25.2 Å². The van der Waals surface area contributed by atoms with Crippen molar-refractivity contribution in [1.82, 2.24) is 0 Å². The molecule has 0 saturated heterocycles. The number of hydrogen-bond donors (Lipinski definition) is 4. The van der Waals surface area contributed by atoms with Crippen LogP contribution in [0.5, 0.6) is 0 Å². The Balaban J connectivity index is 1.54. The molecule has 0 spiro atoms. The second-order valence-corrected chi connectivity index (χ2v) is 12.3. The molecule has 0 radical (unpaired) electrons. The molecule has 4 aliphatic carbocycles. The Morgan fingerprint density at radius 1 is 1.09 bits per heavy atom. The number of cyclic esters (lactones) is 1. The molecule has 1 heterocycles. The standard InChI is InChI=1S/C28H38O7/c1-15-14-22(35-23(31)16(15)2)26(5,32)28(34)13-12-27(33)18-6-7-19-20(29)8-9-21(30)25(19,4)17(18)10-11-24(27,28)3/h7-9,17-18,20,22,29,32-34H,6,10-14H2,1-5H3/t17-,18+,20-,22+,24-,25+,26?,27+,28-/m0/s1. The molecule has 0 aromatic rings. The van der Waals surface area contributed by atoms with Gasteiger partial charge in [-0.1, -0.05) is 18.6 Å². The highest BCUT2D eigenvalue weighted by atomic mass is 16.6. The molecule has 192 valence electrons. The fourth-order valence-electron chi connectivity index (χ4n) is 8.47. The topological polar surface area (TPSA) is 124 Å². The number of carbonyl (C=O) groups excluding carboxylic acids is 2. The van der Waals surface area contributed by atoms with E-state index in [4.69, 9.17) is 4.74 Å². The highest BCUT2D eigenvalue weighted by Crippen LogP contribution is 2.70. The number of ether oxygens (including phenoxy) is 1. The van der Waals surface area contributed by atoms with Crippen LogP contribution in [0.1, 0.15) is 73.1 Å². The lowest BCUT2D eigenvalue weighted by atomic mass is 9.44. The van der Waals surface area contributed by atoms with Crippen LogP contribution in [0.3, 0.4) is 0 Å². The molecule has 2 fully saturated rings. The van der Waals surface area contributed by atoms with E-state index < -0.39 is 45.8 Å². The van der Waals surface area contributed by atoms with E-state index >= 15 is 0 Å². The summed E-state index contributed by atoms with van der Waals surface area (Å²) in [4.78, 5) is 25.6. The van der Waals surface area contributed by atoms with Crippen molar-refractivity contribution in [2.75, 3.05) is 0 Å². The minimum atomic E-state index is -1.80. The number of rotatable bonds is 2. The molecule has 35 heavy (non-hydrogen) atoms.